The molecular formula is C18H24N4O3. The summed E-state index contributed by atoms with van der Waals surface area (Å²) in [5, 5.41) is 2.84. The van der Waals surface area contributed by atoms with Crippen LogP contribution in [-0.4, -0.2) is 71.3 Å². The maximum absolute atomic E-state index is 12.4. The minimum atomic E-state index is -0.303. The van der Waals surface area contributed by atoms with Gasteiger partial charge in [0.25, 0.3) is 11.8 Å². The van der Waals surface area contributed by atoms with Crippen LogP contribution in [0.5, 0.6) is 0 Å². The Labute approximate surface area is 147 Å². The van der Waals surface area contributed by atoms with Crippen LogP contribution in [0.4, 0.5) is 10.5 Å². The molecule has 25 heavy (non-hydrogen) atoms. The quantitative estimate of drug-likeness (QED) is 0.850. The van der Waals surface area contributed by atoms with Gasteiger partial charge < -0.3 is 15.1 Å². The highest BCUT2D eigenvalue weighted by Crippen LogP contribution is 2.27. The monoisotopic (exact) mass is 344 g/mol. The number of hydrogen-bond donors (Lipinski definition) is 1. The third-order valence-electron chi connectivity index (χ3n) is 4.79. The van der Waals surface area contributed by atoms with Crippen LogP contribution in [0.15, 0.2) is 18.2 Å². The summed E-state index contributed by atoms with van der Waals surface area (Å²) in [6.07, 6.45) is 0. The predicted molar refractivity (Wildman–Crippen MR) is 94.8 cm³/mol. The highest BCUT2D eigenvalue weighted by Gasteiger charge is 2.37. The SMILES string of the molecule is CCN1CCN(C(=O)Nc2ccc3c(c2)C(=O)N(C(C)C)C3=O)CC1. The summed E-state index contributed by atoms with van der Waals surface area (Å²) < 4.78 is 0. The van der Waals surface area contributed by atoms with E-state index >= 15 is 0 Å². The minimum absolute atomic E-state index is 0.173. The molecule has 0 saturated carbocycles. The second kappa shape index (κ2) is 6.84. The molecule has 0 radical (unpaired) electrons. The van der Waals surface area contributed by atoms with Crippen molar-refractivity contribution >= 4 is 23.5 Å². The third-order valence-corrected chi connectivity index (χ3v) is 4.79. The number of amides is 4. The Morgan fingerprint density at radius 3 is 2.32 bits per heavy atom. The highest BCUT2D eigenvalue weighted by molar-refractivity contribution is 6.22. The van der Waals surface area contributed by atoms with E-state index in [1.54, 1.807) is 36.9 Å². The van der Waals surface area contributed by atoms with Crippen molar-refractivity contribution in [1.29, 1.82) is 0 Å². The number of urea groups is 1. The van der Waals surface area contributed by atoms with Gasteiger partial charge in [0.1, 0.15) is 0 Å². The molecule has 0 aliphatic carbocycles. The molecule has 0 atom stereocenters. The van der Waals surface area contributed by atoms with Crippen molar-refractivity contribution in [1.82, 2.24) is 14.7 Å². The fourth-order valence-corrected chi connectivity index (χ4v) is 3.28. The summed E-state index contributed by atoms with van der Waals surface area (Å²) in [6.45, 7) is 9.81. The molecule has 1 N–H and O–H groups in total. The van der Waals surface area contributed by atoms with Gasteiger partial charge in [-0.1, -0.05) is 6.92 Å². The van der Waals surface area contributed by atoms with Crippen LogP contribution < -0.4 is 5.32 Å². The van der Waals surface area contributed by atoms with Crippen LogP contribution in [0.1, 0.15) is 41.5 Å². The number of nitrogens with zero attached hydrogens (tertiary/aromatic N) is 3. The second-order valence-electron chi connectivity index (χ2n) is 6.69. The van der Waals surface area contributed by atoms with E-state index in [1.165, 1.54) is 4.90 Å². The molecule has 1 aromatic carbocycles. The number of carbonyl (C=O) groups excluding carboxylic acids is 3. The fourth-order valence-electron chi connectivity index (χ4n) is 3.28. The molecule has 1 aromatic rings. The highest BCUT2D eigenvalue weighted by atomic mass is 16.2. The van der Waals surface area contributed by atoms with Crippen LogP contribution in [0, 0.1) is 0 Å². The van der Waals surface area contributed by atoms with E-state index < -0.39 is 0 Å². The summed E-state index contributed by atoms with van der Waals surface area (Å²) >= 11 is 0. The van der Waals surface area contributed by atoms with Crippen molar-refractivity contribution in [2.75, 3.05) is 38.0 Å². The van der Waals surface area contributed by atoms with Gasteiger partial charge in [0.05, 0.1) is 11.1 Å². The summed E-state index contributed by atoms with van der Waals surface area (Å²) in [6, 6.07) is 4.52. The van der Waals surface area contributed by atoms with Gasteiger partial charge in [-0.2, -0.15) is 0 Å². The smallest absolute Gasteiger partial charge is 0.321 e. The van der Waals surface area contributed by atoms with Crippen LogP contribution in [0.2, 0.25) is 0 Å². The van der Waals surface area contributed by atoms with E-state index in [1.807, 2.05) is 0 Å². The summed E-state index contributed by atoms with van der Waals surface area (Å²) in [7, 11) is 0. The Hall–Kier alpha value is -2.41. The van der Waals surface area contributed by atoms with Crippen molar-refractivity contribution in [3.05, 3.63) is 29.3 Å². The van der Waals surface area contributed by atoms with E-state index in [9.17, 15) is 14.4 Å². The first-order valence-corrected chi connectivity index (χ1v) is 8.72. The lowest BCUT2D eigenvalue weighted by Gasteiger charge is -2.34. The van der Waals surface area contributed by atoms with E-state index in [-0.39, 0.29) is 23.9 Å². The first-order valence-electron chi connectivity index (χ1n) is 8.72. The number of rotatable bonds is 3. The van der Waals surface area contributed by atoms with Crippen LogP contribution in [0.25, 0.3) is 0 Å². The van der Waals surface area contributed by atoms with E-state index in [0.717, 1.165) is 19.6 Å². The molecule has 3 rings (SSSR count). The normalized spacial score (nSPS) is 18.1. The number of anilines is 1. The van der Waals surface area contributed by atoms with Gasteiger partial charge >= 0.3 is 6.03 Å². The molecule has 0 aromatic heterocycles. The second-order valence-corrected chi connectivity index (χ2v) is 6.69. The molecule has 2 aliphatic rings. The van der Waals surface area contributed by atoms with Gasteiger partial charge in [0.15, 0.2) is 0 Å². The Kier molecular flexibility index (Phi) is 4.76. The number of piperazine rings is 1. The van der Waals surface area contributed by atoms with Gasteiger partial charge in [0.2, 0.25) is 0 Å². The zero-order valence-corrected chi connectivity index (χ0v) is 14.9. The molecule has 7 heteroatoms. The number of hydrogen-bond acceptors (Lipinski definition) is 4. The Balaban J connectivity index is 1.71. The lowest BCUT2D eigenvalue weighted by atomic mass is 10.1. The Bertz CT molecular complexity index is 708. The van der Waals surface area contributed by atoms with Gasteiger partial charge in [-0.05, 0) is 38.6 Å². The van der Waals surface area contributed by atoms with E-state index in [4.69, 9.17) is 0 Å². The maximum Gasteiger partial charge on any atom is 0.321 e. The molecule has 1 saturated heterocycles. The molecule has 0 spiro atoms. The number of likely N-dealkylation sites (N-methyl/N-ethyl adjacent to an activating group) is 1. The van der Waals surface area contributed by atoms with Gasteiger partial charge in [0, 0.05) is 37.9 Å². The molecule has 0 bridgehead atoms. The van der Waals surface area contributed by atoms with Gasteiger partial charge in [-0.15, -0.1) is 0 Å². The molecule has 2 aliphatic heterocycles. The molecule has 2 heterocycles. The zero-order valence-electron chi connectivity index (χ0n) is 14.9. The fraction of sp³-hybridized carbons (Fsp3) is 0.500. The summed E-state index contributed by atoms with van der Waals surface area (Å²) in [4.78, 5) is 42.5. The molecule has 1 fully saturated rings. The Morgan fingerprint density at radius 2 is 1.72 bits per heavy atom. The molecule has 0 unspecified atom stereocenters. The first-order chi connectivity index (χ1) is 11.9. The van der Waals surface area contributed by atoms with Crippen LogP contribution in [0.3, 0.4) is 0 Å². The minimum Gasteiger partial charge on any atom is -0.322 e. The van der Waals surface area contributed by atoms with Crippen molar-refractivity contribution < 1.29 is 14.4 Å². The molecule has 7 nitrogen and oxygen atoms in total. The summed E-state index contributed by atoms with van der Waals surface area (Å²) in [5.41, 5.74) is 1.29. The van der Waals surface area contributed by atoms with Crippen molar-refractivity contribution in [3.8, 4) is 0 Å². The average Bonchev–Trinajstić information content (AvgIpc) is 2.85. The number of fused-ring (bicyclic) bond motifs is 1. The first kappa shape index (κ1) is 17.4. The van der Waals surface area contributed by atoms with Crippen molar-refractivity contribution in [2.24, 2.45) is 0 Å². The number of imide groups is 1. The van der Waals surface area contributed by atoms with E-state index in [0.29, 0.717) is 29.9 Å². The number of carbonyl (C=O) groups is 3. The number of benzene rings is 1. The lowest BCUT2D eigenvalue weighted by molar-refractivity contribution is 0.0609. The third kappa shape index (κ3) is 3.24. The van der Waals surface area contributed by atoms with Crippen LogP contribution in [-0.2, 0) is 0 Å². The topological polar surface area (TPSA) is 73.0 Å². The van der Waals surface area contributed by atoms with Gasteiger partial charge in [-0.25, -0.2) is 4.79 Å². The van der Waals surface area contributed by atoms with Crippen molar-refractivity contribution in [3.63, 3.8) is 0 Å². The molecule has 134 valence electrons. The maximum atomic E-state index is 12.4. The molecule has 4 amide bonds. The zero-order chi connectivity index (χ0) is 18.1. The van der Waals surface area contributed by atoms with E-state index in [2.05, 4.69) is 17.1 Å². The standard InChI is InChI=1S/C18H24N4O3/c1-4-20-7-9-21(10-8-20)18(25)19-13-5-6-14-15(11-13)17(24)22(12(2)3)16(14)23/h5-6,11-12H,4,7-10H2,1-3H3,(H,19,25). The Morgan fingerprint density at radius 1 is 1.08 bits per heavy atom. The summed E-state index contributed by atoms with van der Waals surface area (Å²) in [5.74, 6) is -0.578. The number of nitrogens with one attached hydrogen (secondary N) is 1. The lowest BCUT2D eigenvalue weighted by Crippen LogP contribution is -2.49. The van der Waals surface area contributed by atoms with Crippen LogP contribution >= 0.6 is 0 Å². The van der Waals surface area contributed by atoms with Gasteiger partial charge in [-0.3, -0.25) is 14.5 Å². The molecular weight excluding hydrogens is 320 g/mol. The van der Waals surface area contributed by atoms with Crippen molar-refractivity contribution in [2.45, 2.75) is 26.8 Å². The predicted octanol–water partition coefficient (Wildman–Crippen LogP) is 1.86. The average molecular weight is 344 g/mol. The largest absolute Gasteiger partial charge is 0.322 e.